The van der Waals surface area contributed by atoms with Gasteiger partial charge in [-0.15, -0.1) is 0 Å². The summed E-state index contributed by atoms with van der Waals surface area (Å²) in [5.74, 6) is 0.792. The Bertz CT molecular complexity index is 727. The van der Waals surface area contributed by atoms with Gasteiger partial charge >= 0.3 is 0 Å². The van der Waals surface area contributed by atoms with Gasteiger partial charge in [0.15, 0.2) is 22.4 Å². The normalized spacial score (nSPS) is 12.6. The van der Waals surface area contributed by atoms with Crippen LogP contribution in [-0.2, 0) is 0 Å². The molecule has 22 heavy (non-hydrogen) atoms. The van der Waals surface area contributed by atoms with Gasteiger partial charge in [-0.2, -0.15) is 0 Å². The van der Waals surface area contributed by atoms with Crippen LogP contribution in [0.3, 0.4) is 0 Å². The van der Waals surface area contributed by atoms with Gasteiger partial charge in [-0.25, -0.2) is 4.39 Å². The van der Waals surface area contributed by atoms with E-state index < -0.39 is 5.82 Å². The van der Waals surface area contributed by atoms with Crippen molar-refractivity contribution in [2.45, 2.75) is 0 Å². The Morgan fingerprint density at radius 1 is 1.09 bits per heavy atom. The van der Waals surface area contributed by atoms with Crippen molar-refractivity contribution in [3.05, 3.63) is 47.2 Å². The van der Waals surface area contributed by atoms with E-state index >= 15 is 0 Å². The Balaban J connectivity index is 1.70. The summed E-state index contributed by atoms with van der Waals surface area (Å²) in [6.07, 6.45) is 0. The van der Waals surface area contributed by atoms with E-state index in [4.69, 9.17) is 33.3 Å². The second kappa shape index (κ2) is 6.37. The van der Waals surface area contributed by atoms with Crippen LogP contribution in [0.15, 0.2) is 36.4 Å². The molecule has 1 aliphatic heterocycles. The zero-order valence-electron chi connectivity index (χ0n) is 11.4. The summed E-state index contributed by atoms with van der Waals surface area (Å²) in [6.45, 7) is 1.04. The maximum Gasteiger partial charge on any atom is 0.175 e. The highest BCUT2D eigenvalue weighted by Gasteiger charge is 2.13. The predicted octanol–water partition coefficient (Wildman–Crippen LogP) is 4.06. The summed E-state index contributed by atoms with van der Waals surface area (Å²) in [5, 5.41) is 6.01. The fraction of sp³-hybridized carbons (Fsp3) is 0.133. The zero-order chi connectivity index (χ0) is 15.5. The number of ether oxygens (including phenoxy) is 2. The summed E-state index contributed by atoms with van der Waals surface area (Å²) in [5.41, 5.74) is 0.923. The minimum atomic E-state index is -0.546. The molecule has 0 saturated carbocycles. The number of rotatable bonds is 2. The third-order valence-corrected chi connectivity index (χ3v) is 3.50. The number of hydrogen-bond acceptors (Lipinski definition) is 3. The van der Waals surface area contributed by atoms with Crippen molar-refractivity contribution in [2.75, 3.05) is 23.8 Å². The smallest absolute Gasteiger partial charge is 0.175 e. The molecule has 0 saturated heterocycles. The summed E-state index contributed by atoms with van der Waals surface area (Å²) >= 11 is 10.9. The first kappa shape index (κ1) is 14.9. The lowest BCUT2D eigenvalue weighted by molar-refractivity contribution is 0.171. The summed E-state index contributed by atoms with van der Waals surface area (Å²) in [6, 6.07) is 10.0. The third-order valence-electron chi connectivity index (χ3n) is 3.00. The quantitative estimate of drug-likeness (QED) is 0.808. The summed E-state index contributed by atoms with van der Waals surface area (Å²) in [7, 11) is 0. The average Bonchev–Trinajstić information content (AvgIpc) is 2.52. The molecule has 2 aromatic carbocycles. The topological polar surface area (TPSA) is 42.5 Å². The summed E-state index contributed by atoms with van der Waals surface area (Å²) < 4.78 is 24.7. The maximum atomic E-state index is 13.8. The highest BCUT2D eigenvalue weighted by atomic mass is 35.5. The fourth-order valence-electron chi connectivity index (χ4n) is 2.01. The van der Waals surface area contributed by atoms with Crippen molar-refractivity contribution in [3.8, 4) is 11.5 Å². The fourth-order valence-corrected chi connectivity index (χ4v) is 2.41. The molecule has 1 aliphatic rings. The van der Waals surface area contributed by atoms with Crippen LogP contribution in [0.1, 0.15) is 0 Å². The van der Waals surface area contributed by atoms with Gasteiger partial charge < -0.3 is 20.1 Å². The van der Waals surface area contributed by atoms with Crippen molar-refractivity contribution >= 4 is 40.3 Å². The largest absolute Gasteiger partial charge is 0.486 e. The molecule has 0 radical (unpaired) electrons. The molecule has 4 nitrogen and oxygen atoms in total. The number of nitrogens with one attached hydrogen (secondary N) is 2. The van der Waals surface area contributed by atoms with Crippen molar-refractivity contribution < 1.29 is 13.9 Å². The van der Waals surface area contributed by atoms with E-state index in [1.54, 1.807) is 30.3 Å². The lowest BCUT2D eigenvalue weighted by Crippen LogP contribution is -2.20. The molecule has 0 spiro atoms. The average molecular weight is 339 g/mol. The van der Waals surface area contributed by atoms with Crippen LogP contribution in [0.4, 0.5) is 15.8 Å². The van der Waals surface area contributed by atoms with Crippen molar-refractivity contribution in [1.82, 2.24) is 0 Å². The molecule has 0 fully saturated rings. The molecular formula is C15H12ClFN2O2S. The van der Waals surface area contributed by atoms with Crippen molar-refractivity contribution in [1.29, 1.82) is 0 Å². The molecule has 114 valence electrons. The molecule has 2 N–H and O–H groups in total. The molecule has 3 rings (SSSR count). The molecule has 2 aromatic rings. The van der Waals surface area contributed by atoms with E-state index in [0.717, 1.165) is 0 Å². The van der Waals surface area contributed by atoms with Crippen LogP contribution in [0.25, 0.3) is 0 Å². The molecule has 0 bridgehead atoms. The van der Waals surface area contributed by atoms with Crippen LogP contribution in [0.5, 0.6) is 11.5 Å². The van der Waals surface area contributed by atoms with Crippen LogP contribution in [-0.4, -0.2) is 18.3 Å². The van der Waals surface area contributed by atoms with Crippen LogP contribution in [0.2, 0.25) is 5.02 Å². The van der Waals surface area contributed by atoms with E-state index in [1.807, 2.05) is 0 Å². The van der Waals surface area contributed by atoms with Gasteiger partial charge in [0.05, 0.1) is 10.7 Å². The Morgan fingerprint density at radius 3 is 2.68 bits per heavy atom. The Morgan fingerprint density at radius 2 is 1.86 bits per heavy atom. The van der Waals surface area contributed by atoms with Gasteiger partial charge in [0, 0.05) is 11.8 Å². The van der Waals surface area contributed by atoms with E-state index in [0.29, 0.717) is 30.4 Å². The van der Waals surface area contributed by atoms with Crippen molar-refractivity contribution in [3.63, 3.8) is 0 Å². The van der Waals surface area contributed by atoms with E-state index in [2.05, 4.69) is 10.6 Å². The van der Waals surface area contributed by atoms with Gasteiger partial charge in [-0.1, -0.05) is 17.7 Å². The molecule has 0 unspecified atom stereocenters. The molecule has 0 amide bonds. The maximum absolute atomic E-state index is 13.8. The Kier molecular flexibility index (Phi) is 4.31. The van der Waals surface area contributed by atoms with Crippen LogP contribution < -0.4 is 20.1 Å². The number of fused-ring (bicyclic) bond motifs is 1. The number of halogens is 2. The number of hydrogen-bond donors (Lipinski definition) is 2. The van der Waals surface area contributed by atoms with E-state index in [9.17, 15) is 4.39 Å². The van der Waals surface area contributed by atoms with Gasteiger partial charge in [0.1, 0.15) is 13.2 Å². The van der Waals surface area contributed by atoms with E-state index in [1.165, 1.54) is 6.07 Å². The standard InChI is InChI=1S/C15H12ClFN2O2S/c16-10-2-1-3-11(14(10)17)19-15(22)18-9-4-5-12-13(8-9)21-7-6-20-12/h1-5,8H,6-7H2,(H2,18,19,22). The first-order valence-electron chi connectivity index (χ1n) is 6.55. The molecule has 7 heteroatoms. The SMILES string of the molecule is Fc1c(Cl)cccc1NC(=S)Nc1ccc2c(c1)OCCO2. The Labute approximate surface area is 137 Å². The van der Waals surface area contributed by atoms with Gasteiger partial charge in [-0.05, 0) is 36.5 Å². The minimum Gasteiger partial charge on any atom is -0.486 e. The summed E-state index contributed by atoms with van der Waals surface area (Å²) in [4.78, 5) is 0. The highest BCUT2D eigenvalue weighted by molar-refractivity contribution is 7.80. The Hall–Kier alpha value is -2.05. The molecule has 0 atom stereocenters. The second-order valence-corrected chi connectivity index (χ2v) is 5.35. The molecule has 1 heterocycles. The van der Waals surface area contributed by atoms with Gasteiger partial charge in [-0.3, -0.25) is 0 Å². The lowest BCUT2D eigenvalue weighted by atomic mass is 10.2. The minimum absolute atomic E-state index is 0.0344. The first-order valence-corrected chi connectivity index (χ1v) is 7.34. The van der Waals surface area contributed by atoms with Gasteiger partial charge in [0.25, 0.3) is 0 Å². The number of thiocarbonyl (C=S) groups is 1. The monoisotopic (exact) mass is 338 g/mol. The lowest BCUT2D eigenvalue weighted by Gasteiger charge is -2.19. The van der Waals surface area contributed by atoms with Crippen LogP contribution in [0, 0.1) is 5.82 Å². The highest BCUT2D eigenvalue weighted by Crippen LogP contribution is 2.32. The third kappa shape index (κ3) is 3.23. The molecular weight excluding hydrogens is 327 g/mol. The van der Waals surface area contributed by atoms with Crippen LogP contribution >= 0.6 is 23.8 Å². The number of anilines is 2. The van der Waals surface area contributed by atoms with E-state index in [-0.39, 0.29) is 15.8 Å². The molecule has 0 aromatic heterocycles. The first-order chi connectivity index (χ1) is 10.6. The molecule has 0 aliphatic carbocycles. The van der Waals surface area contributed by atoms with Crippen molar-refractivity contribution in [2.24, 2.45) is 0 Å². The van der Waals surface area contributed by atoms with Gasteiger partial charge in [0.2, 0.25) is 0 Å². The number of benzene rings is 2. The second-order valence-electron chi connectivity index (χ2n) is 4.54. The zero-order valence-corrected chi connectivity index (χ0v) is 12.9. The predicted molar refractivity (Wildman–Crippen MR) is 88.7 cm³/mol.